The smallest absolute Gasteiger partial charge is 0.262 e. The molecular weight excluding hydrogens is 286 g/mol. The van der Waals surface area contributed by atoms with E-state index in [2.05, 4.69) is 31.6 Å². The summed E-state index contributed by atoms with van der Waals surface area (Å²) in [5, 5.41) is 9.61. The van der Waals surface area contributed by atoms with Crippen LogP contribution in [0.2, 0.25) is 0 Å². The zero-order valence-corrected chi connectivity index (χ0v) is 13.0. The quantitative estimate of drug-likeness (QED) is 0.855. The molecule has 0 fully saturated rings. The van der Waals surface area contributed by atoms with Crippen LogP contribution >= 0.6 is 0 Å². The van der Waals surface area contributed by atoms with Crippen molar-refractivity contribution in [3.8, 4) is 5.75 Å². The molecule has 0 saturated carbocycles. The van der Waals surface area contributed by atoms with Crippen LogP contribution in [-0.4, -0.2) is 13.5 Å². The highest BCUT2D eigenvalue weighted by molar-refractivity contribution is 7.92. The van der Waals surface area contributed by atoms with Gasteiger partial charge in [0.15, 0.2) is 0 Å². The van der Waals surface area contributed by atoms with E-state index >= 15 is 0 Å². The molecule has 0 aromatic heterocycles. The third kappa shape index (κ3) is 3.55. The Balaban J connectivity index is 2.30. The van der Waals surface area contributed by atoms with Gasteiger partial charge in [-0.05, 0) is 41.3 Å². The summed E-state index contributed by atoms with van der Waals surface area (Å²) in [4.78, 5) is 0.155. The molecule has 0 atom stereocenters. The summed E-state index contributed by atoms with van der Waals surface area (Å²) in [6.07, 6.45) is 0. The Hall–Kier alpha value is -2.01. The van der Waals surface area contributed by atoms with Gasteiger partial charge in [-0.1, -0.05) is 39.0 Å². The van der Waals surface area contributed by atoms with Gasteiger partial charge in [0.05, 0.1) is 10.6 Å². The topological polar surface area (TPSA) is 66.4 Å². The number of hydrogen-bond donors (Lipinski definition) is 2. The molecule has 0 aliphatic rings. The molecule has 0 spiro atoms. The molecule has 0 amide bonds. The Kier molecular flexibility index (Phi) is 3.96. The van der Waals surface area contributed by atoms with Crippen molar-refractivity contribution >= 4 is 15.7 Å². The Morgan fingerprint density at radius 3 is 2.24 bits per heavy atom. The third-order valence-corrected chi connectivity index (χ3v) is 4.50. The van der Waals surface area contributed by atoms with E-state index in [9.17, 15) is 13.5 Å². The Morgan fingerprint density at radius 2 is 1.71 bits per heavy atom. The highest BCUT2D eigenvalue weighted by Gasteiger charge is 2.18. The number of anilines is 1. The molecule has 4 nitrogen and oxygen atoms in total. The molecule has 21 heavy (non-hydrogen) atoms. The van der Waals surface area contributed by atoms with E-state index in [1.807, 2.05) is 0 Å². The molecule has 5 heteroatoms. The van der Waals surface area contributed by atoms with E-state index < -0.39 is 10.0 Å². The Morgan fingerprint density at radius 1 is 1.10 bits per heavy atom. The summed E-state index contributed by atoms with van der Waals surface area (Å²) in [5.74, 6) is -0.160. The number of rotatable bonds is 3. The number of hydrogen-bond acceptors (Lipinski definition) is 3. The second kappa shape index (κ2) is 5.41. The Bertz CT molecular complexity index is 729. The van der Waals surface area contributed by atoms with Crippen LogP contribution in [0.15, 0.2) is 47.4 Å². The van der Waals surface area contributed by atoms with Gasteiger partial charge in [-0.3, -0.25) is 4.72 Å². The van der Waals surface area contributed by atoms with Gasteiger partial charge in [-0.25, -0.2) is 8.42 Å². The monoisotopic (exact) mass is 304 g/mol. The summed E-state index contributed by atoms with van der Waals surface area (Å²) in [6, 6.07) is 13.7. The third-order valence-electron chi connectivity index (χ3n) is 3.12. The standard InChI is InChI=1S/C16H18NO3S/c1-16(2,3)12-8-10-13(11-9-12)21(19,20)17-14-6-4-5-7-15(14)18/h4,6-11,17-18H,1-3H3. The fourth-order valence-corrected chi connectivity index (χ4v) is 2.92. The summed E-state index contributed by atoms with van der Waals surface area (Å²) in [7, 11) is -3.72. The van der Waals surface area contributed by atoms with E-state index in [-0.39, 0.29) is 21.7 Å². The highest BCUT2D eigenvalue weighted by Crippen LogP contribution is 2.26. The predicted octanol–water partition coefficient (Wildman–Crippen LogP) is 3.29. The van der Waals surface area contributed by atoms with Crippen molar-refractivity contribution in [1.82, 2.24) is 0 Å². The van der Waals surface area contributed by atoms with Gasteiger partial charge in [-0.15, -0.1) is 0 Å². The summed E-state index contributed by atoms with van der Waals surface area (Å²) in [5.41, 5.74) is 1.15. The maximum atomic E-state index is 12.3. The summed E-state index contributed by atoms with van der Waals surface area (Å²) < 4.78 is 26.9. The molecule has 0 heterocycles. The first-order chi connectivity index (χ1) is 9.70. The first kappa shape index (κ1) is 15.4. The minimum absolute atomic E-state index is 0.0384. The first-order valence-corrected chi connectivity index (χ1v) is 8.01. The van der Waals surface area contributed by atoms with Crippen LogP contribution in [-0.2, 0) is 15.4 Å². The largest absolute Gasteiger partial charge is 0.506 e. The lowest BCUT2D eigenvalue weighted by atomic mass is 9.87. The van der Waals surface area contributed by atoms with Gasteiger partial charge in [-0.2, -0.15) is 0 Å². The van der Waals surface area contributed by atoms with E-state index in [1.165, 1.54) is 18.2 Å². The molecule has 111 valence electrons. The summed E-state index contributed by atoms with van der Waals surface area (Å²) >= 11 is 0. The minimum Gasteiger partial charge on any atom is -0.506 e. The number of sulfonamides is 1. The minimum atomic E-state index is -3.72. The van der Waals surface area contributed by atoms with E-state index in [1.54, 1.807) is 24.3 Å². The van der Waals surface area contributed by atoms with Crippen LogP contribution in [0.25, 0.3) is 0 Å². The van der Waals surface area contributed by atoms with Gasteiger partial charge < -0.3 is 5.11 Å². The van der Waals surface area contributed by atoms with Crippen molar-refractivity contribution < 1.29 is 13.5 Å². The van der Waals surface area contributed by atoms with Crippen LogP contribution in [0.5, 0.6) is 5.75 Å². The molecule has 2 aromatic carbocycles. The van der Waals surface area contributed by atoms with Crippen molar-refractivity contribution in [2.75, 3.05) is 4.72 Å². The second-order valence-corrected chi connectivity index (χ2v) is 7.51. The van der Waals surface area contributed by atoms with Crippen molar-refractivity contribution in [3.63, 3.8) is 0 Å². The van der Waals surface area contributed by atoms with Crippen molar-refractivity contribution in [3.05, 3.63) is 54.1 Å². The molecule has 0 aliphatic heterocycles. The zero-order valence-electron chi connectivity index (χ0n) is 12.2. The fraction of sp³-hybridized carbons (Fsp3) is 0.250. The van der Waals surface area contributed by atoms with E-state index in [4.69, 9.17) is 0 Å². The number of phenolic OH excluding ortho intramolecular Hbond substituents is 1. The number of nitrogens with one attached hydrogen (secondary N) is 1. The van der Waals surface area contributed by atoms with Crippen molar-refractivity contribution in [2.24, 2.45) is 0 Å². The molecule has 2 rings (SSSR count). The maximum absolute atomic E-state index is 12.3. The molecule has 0 aliphatic carbocycles. The molecule has 1 radical (unpaired) electrons. The number of phenols is 1. The predicted molar refractivity (Wildman–Crippen MR) is 82.9 cm³/mol. The Labute approximate surface area is 125 Å². The van der Waals surface area contributed by atoms with Crippen LogP contribution in [0, 0.1) is 6.07 Å². The highest BCUT2D eigenvalue weighted by atomic mass is 32.2. The molecule has 2 N–H and O–H groups in total. The van der Waals surface area contributed by atoms with Crippen LogP contribution in [0.1, 0.15) is 26.3 Å². The van der Waals surface area contributed by atoms with Crippen molar-refractivity contribution in [1.29, 1.82) is 0 Å². The first-order valence-electron chi connectivity index (χ1n) is 6.52. The van der Waals surface area contributed by atoms with Crippen LogP contribution in [0.3, 0.4) is 0 Å². The molecule has 0 bridgehead atoms. The average molecular weight is 304 g/mol. The van der Waals surface area contributed by atoms with Gasteiger partial charge in [0, 0.05) is 0 Å². The maximum Gasteiger partial charge on any atom is 0.262 e. The fourth-order valence-electron chi connectivity index (χ4n) is 1.85. The van der Waals surface area contributed by atoms with Crippen LogP contribution < -0.4 is 4.72 Å². The molecule has 0 saturated heterocycles. The lowest BCUT2D eigenvalue weighted by Crippen LogP contribution is -2.15. The van der Waals surface area contributed by atoms with Gasteiger partial charge in [0.2, 0.25) is 0 Å². The van der Waals surface area contributed by atoms with E-state index in [0.717, 1.165) is 5.56 Å². The van der Waals surface area contributed by atoms with Gasteiger partial charge in [0.25, 0.3) is 10.0 Å². The molecular formula is C16H18NO3S. The lowest BCUT2D eigenvalue weighted by Gasteiger charge is -2.19. The van der Waals surface area contributed by atoms with Gasteiger partial charge in [0.1, 0.15) is 5.75 Å². The number of benzene rings is 2. The normalized spacial score (nSPS) is 12.1. The lowest BCUT2D eigenvalue weighted by molar-refractivity contribution is 0.477. The SMILES string of the molecule is CC(C)(C)c1ccc(S(=O)(=O)Nc2cc[c]cc2O)cc1. The zero-order chi connectivity index (χ0) is 15.7. The van der Waals surface area contributed by atoms with E-state index in [0.29, 0.717) is 0 Å². The molecule has 2 aromatic rings. The second-order valence-electron chi connectivity index (χ2n) is 5.82. The van der Waals surface area contributed by atoms with Crippen molar-refractivity contribution in [2.45, 2.75) is 31.1 Å². The van der Waals surface area contributed by atoms with Gasteiger partial charge >= 0.3 is 0 Å². The summed E-state index contributed by atoms with van der Waals surface area (Å²) in [6.45, 7) is 6.19. The number of aromatic hydroxyl groups is 1. The average Bonchev–Trinajstić information content (AvgIpc) is 2.40. The molecule has 0 unspecified atom stereocenters. The van der Waals surface area contributed by atoms with Crippen LogP contribution in [0.4, 0.5) is 5.69 Å².